The Morgan fingerprint density at radius 1 is 1.03 bits per heavy atom. The summed E-state index contributed by atoms with van der Waals surface area (Å²) in [6.45, 7) is 5.39. The maximum absolute atomic E-state index is 12.5. The minimum absolute atomic E-state index is 0.209. The van der Waals surface area contributed by atoms with E-state index in [2.05, 4.69) is 27.7 Å². The number of benzene rings is 2. The van der Waals surface area contributed by atoms with Gasteiger partial charge >= 0.3 is 0 Å². The lowest BCUT2D eigenvalue weighted by atomic mass is 10.1. The molecule has 0 saturated carbocycles. The van der Waals surface area contributed by atoms with Crippen LogP contribution in [0.4, 0.5) is 0 Å². The van der Waals surface area contributed by atoms with Crippen LogP contribution in [0.25, 0.3) is 6.08 Å². The highest BCUT2D eigenvalue weighted by Crippen LogP contribution is 2.15. The number of hydrogen-bond acceptors (Lipinski definition) is 4. The predicted molar refractivity (Wildman–Crippen MR) is 132 cm³/mol. The molecule has 2 amide bonds. The van der Waals surface area contributed by atoms with Gasteiger partial charge in [-0.15, -0.1) is 0 Å². The molecule has 0 unspecified atom stereocenters. The maximum atomic E-state index is 12.5. The van der Waals surface area contributed by atoms with Gasteiger partial charge in [-0.3, -0.25) is 14.5 Å². The normalized spacial score (nSPS) is 15.6. The molecule has 1 fully saturated rings. The number of likely N-dealkylation sites (tertiary alicyclic amines) is 1. The van der Waals surface area contributed by atoms with Crippen LogP contribution in [-0.2, 0) is 22.7 Å². The van der Waals surface area contributed by atoms with Crippen LogP contribution in [0.5, 0.6) is 5.75 Å². The van der Waals surface area contributed by atoms with Crippen LogP contribution in [0.1, 0.15) is 49.3 Å². The average molecular weight is 450 g/mol. The highest BCUT2D eigenvalue weighted by molar-refractivity contribution is 5.95. The molecule has 1 saturated heterocycles. The number of hydrogen-bond donors (Lipinski definition) is 2. The summed E-state index contributed by atoms with van der Waals surface area (Å²) in [5.41, 5.74) is 3.21. The second-order valence-corrected chi connectivity index (χ2v) is 8.56. The van der Waals surface area contributed by atoms with Crippen LogP contribution in [0.3, 0.4) is 0 Å². The number of rotatable bonds is 9. The fraction of sp³-hybridized carbons (Fsp3) is 0.407. The van der Waals surface area contributed by atoms with Crippen molar-refractivity contribution in [3.63, 3.8) is 0 Å². The number of methoxy groups -OCH3 is 1. The number of nitrogens with zero attached hydrogens (tertiary/aromatic N) is 1. The zero-order valence-corrected chi connectivity index (χ0v) is 19.7. The van der Waals surface area contributed by atoms with E-state index >= 15 is 0 Å². The molecule has 2 aromatic carbocycles. The third-order valence-electron chi connectivity index (χ3n) is 5.86. The summed E-state index contributed by atoms with van der Waals surface area (Å²) in [7, 11) is 1.61. The van der Waals surface area contributed by atoms with Crippen molar-refractivity contribution >= 4 is 17.9 Å². The van der Waals surface area contributed by atoms with Crippen LogP contribution >= 0.6 is 0 Å². The Kier molecular flexibility index (Phi) is 9.51. The van der Waals surface area contributed by atoms with E-state index in [-0.39, 0.29) is 11.8 Å². The summed E-state index contributed by atoms with van der Waals surface area (Å²) in [5, 5.41) is 5.64. The van der Waals surface area contributed by atoms with Gasteiger partial charge < -0.3 is 15.4 Å². The molecule has 0 aliphatic carbocycles. The standard InChI is InChI=1S/C27H35N3O3/c1-21(29-26(31)15-12-22-10-13-25(33-2)14-11-22)27(32)28-19-23-8-7-9-24(18-23)20-30-16-5-3-4-6-17-30/h7-15,18,21H,3-6,16-17,19-20H2,1-2H3,(H,28,32)(H,29,31)/b15-12-/t21-/m1/s1. The first-order valence-corrected chi connectivity index (χ1v) is 11.7. The van der Waals surface area contributed by atoms with Crippen molar-refractivity contribution in [3.8, 4) is 5.75 Å². The van der Waals surface area contributed by atoms with Crippen molar-refractivity contribution in [2.45, 2.75) is 51.7 Å². The Morgan fingerprint density at radius 3 is 2.42 bits per heavy atom. The van der Waals surface area contributed by atoms with Crippen LogP contribution in [0.2, 0.25) is 0 Å². The molecule has 3 rings (SSSR count). The van der Waals surface area contributed by atoms with Crippen molar-refractivity contribution in [1.29, 1.82) is 0 Å². The zero-order valence-electron chi connectivity index (χ0n) is 19.7. The molecule has 0 spiro atoms. The van der Waals surface area contributed by atoms with E-state index < -0.39 is 6.04 Å². The van der Waals surface area contributed by atoms with Crippen molar-refractivity contribution in [2.75, 3.05) is 20.2 Å². The van der Waals surface area contributed by atoms with E-state index in [9.17, 15) is 9.59 Å². The molecule has 1 aliphatic heterocycles. The van der Waals surface area contributed by atoms with E-state index in [1.54, 1.807) is 20.1 Å². The van der Waals surface area contributed by atoms with Crippen LogP contribution < -0.4 is 15.4 Å². The minimum Gasteiger partial charge on any atom is -0.497 e. The van der Waals surface area contributed by atoms with Gasteiger partial charge in [0.2, 0.25) is 11.8 Å². The Balaban J connectivity index is 1.44. The fourth-order valence-electron chi connectivity index (χ4n) is 3.95. The molecule has 2 aromatic rings. The second-order valence-electron chi connectivity index (χ2n) is 8.56. The van der Waals surface area contributed by atoms with Gasteiger partial charge in [-0.1, -0.05) is 49.2 Å². The second kappa shape index (κ2) is 12.8. The summed E-state index contributed by atoms with van der Waals surface area (Å²) in [5.74, 6) is 0.237. The molecule has 6 heteroatoms. The lowest BCUT2D eigenvalue weighted by Gasteiger charge is -2.20. The van der Waals surface area contributed by atoms with Gasteiger partial charge in [0.1, 0.15) is 11.8 Å². The summed E-state index contributed by atoms with van der Waals surface area (Å²) in [6.07, 6.45) is 8.33. The molecule has 6 nitrogen and oxygen atoms in total. The van der Waals surface area contributed by atoms with Crippen LogP contribution in [0.15, 0.2) is 54.6 Å². The summed E-state index contributed by atoms with van der Waals surface area (Å²) >= 11 is 0. The van der Waals surface area contributed by atoms with E-state index in [0.717, 1.165) is 36.5 Å². The topological polar surface area (TPSA) is 70.7 Å². The van der Waals surface area contributed by atoms with Gasteiger partial charge in [0.25, 0.3) is 0 Å². The molecular weight excluding hydrogens is 414 g/mol. The minimum atomic E-state index is -0.627. The van der Waals surface area contributed by atoms with Crippen molar-refractivity contribution in [1.82, 2.24) is 15.5 Å². The first-order valence-electron chi connectivity index (χ1n) is 11.7. The highest BCUT2D eigenvalue weighted by atomic mass is 16.5. The average Bonchev–Trinajstić information content (AvgIpc) is 3.10. The number of carbonyl (C=O) groups is 2. The van der Waals surface area contributed by atoms with Crippen molar-refractivity contribution < 1.29 is 14.3 Å². The third-order valence-corrected chi connectivity index (χ3v) is 5.86. The van der Waals surface area contributed by atoms with Crippen molar-refractivity contribution in [2.24, 2.45) is 0 Å². The molecule has 0 radical (unpaired) electrons. The lowest BCUT2D eigenvalue weighted by Crippen LogP contribution is -2.44. The quantitative estimate of drug-likeness (QED) is 0.570. The predicted octanol–water partition coefficient (Wildman–Crippen LogP) is 3.91. The van der Waals surface area contributed by atoms with Gasteiger partial charge in [-0.2, -0.15) is 0 Å². The van der Waals surface area contributed by atoms with E-state index in [1.165, 1.54) is 37.3 Å². The number of nitrogens with one attached hydrogen (secondary N) is 2. The van der Waals surface area contributed by atoms with E-state index in [0.29, 0.717) is 6.54 Å². The fourth-order valence-corrected chi connectivity index (χ4v) is 3.95. The smallest absolute Gasteiger partial charge is 0.244 e. The molecule has 0 aromatic heterocycles. The van der Waals surface area contributed by atoms with Crippen LogP contribution in [-0.4, -0.2) is 43.0 Å². The van der Waals surface area contributed by atoms with Gasteiger partial charge in [-0.25, -0.2) is 0 Å². The largest absolute Gasteiger partial charge is 0.497 e. The summed E-state index contributed by atoms with van der Waals surface area (Å²) < 4.78 is 5.12. The van der Waals surface area contributed by atoms with Crippen molar-refractivity contribution in [3.05, 3.63) is 71.3 Å². The Labute approximate surface area is 197 Å². The van der Waals surface area contributed by atoms with E-state index in [1.807, 2.05) is 36.4 Å². The lowest BCUT2D eigenvalue weighted by molar-refractivity contribution is -0.126. The zero-order chi connectivity index (χ0) is 23.5. The van der Waals surface area contributed by atoms with Gasteiger partial charge in [0, 0.05) is 19.2 Å². The summed E-state index contributed by atoms with van der Waals surface area (Å²) in [6, 6.07) is 15.1. The first-order chi connectivity index (χ1) is 16.0. The molecule has 2 N–H and O–H groups in total. The SMILES string of the molecule is COc1ccc(/C=C\C(=O)N[C@H](C)C(=O)NCc2cccc(CN3CCCCCC3)c2)cc1. The number of ether oxygens (including phenoxy) is 1. The van der Waals surface area contributed by atoms with Gasteiger partial charge in [0.15, 0.2) is 0 Å². The van der Waals surface area contributed by atoms with Gasteiger partial charge in [-0.05, 0) is 67.8 Å². The van der Waals surface area contributed by atoms with Crippen LogP contribution in [0, 0.1) is 0 Å². The molecule has 1 heterocycles. The number of carbonyl (C=O) groups excluding carboxylic acids is 2. The monoisotopic (exact) mass is 449 g/mol. The maximum Gasteiger partial charge on any atom is 0.244 e. The number of amides is 2. The summed E-state index contributed by atoms with van der Waals surface area (Å²) in [4.78, 5) is 27.2. The molecule has 1 atom stereocenters. The Bertz CT molecular complexity index is 932. The molecule has 0 bridgehead atoms. The van der Waals surface area contributed by atoms with Gasteiger partial charge in [0.05, 0.1) is 7.11 Å². The Morgan fingerprint density at radius 2 is 1.73 bits per heavy atom. The molecule has 33 heavy (non-hydrogen) atoms. The third kappa shape index (κ3) is 8.39. The molecular formula is C27H35N3O3. The Hall–Kier alpha value is -3.12. The molecule has 1 aliphatic rings. The highest BCUT2D eigenvalue weighted by Gasteiger charge is 2.14. The molecule has 176 valence electrons. The van der Waals surface area contributed by atoms with E-state index in [4.69, 9.17) is 4.74 Å². The first kappa shape index (κ1) is 24.5.